The second-order valence-corrected chi connectivity index (χ2v) is 7.26. The fourth-order valence-corrected chi connectivity index (χ4v) is 3.29. The van der Waals surface area contributed by atoms with Crippen LogP contribution in [0, 0.1) is 0 Å². The first-order chi connectivity index (χ1) is 14.0. The molecule has 0 spiro atoms. The molecule has 2 aromatic heterocycles. The molecule has 1 N–H and O–H groups in total. The third-order valence-corrected chi connectivity index (χ3v) is 4.91. The van der Waals surface area contributed by atoms with Gasteiger partial charge in [-0.2, -0.15) is 0 Å². The van der Waals surface area contributed by atoms with Crippen molar-refractivity contribution < 1.29 is 9.32 Å². The molecule has 0 saturated heterocycles. The molecule has 0 bridgehead atoms. The monoisotopic (exact) mass is 447 g/mol. The van der Waals surface area contributed by atoms with Crippen LogP contribution in [-0.4, -0.2) is 25.8 Å². The Hall–Kier alpha value is -2.87. The fourth-order valence-electron chi connectivity index (χ4n) is 2.59. The first-order valence-electron chi connectivity index (χ1n) is 8.36. The minimum atomic E-state index is -0.513. The Bertz CT molecular complexity index is 1190. The van der Waals surface area contributed by atoms with Crippen molar-refractivity contribution in [3.63, 3.8) is 0 Å². The number of amides is 1. The Labute approximate surface area is 180 Å². The van der Waals surface area contributed by atoms with Gasteiger partial charge in [0.15, 0.2) is 11.5 Å². The van der Waals surface area contributed by atoms with Gasteiger partial charge in [0.1, 0.15) is 6.33 Å². The predicted octanol–water partition coefficient (Wildman–Crippen LogP) is 5.19. The number of hydrogen-bond donors (Lipinski definition) is 1. The molecule has 0 aliphatic heterocycles. The fraction of sp³-hybridized carbons (Fsp3) is 0.0526. The molecule has 2 aromatic carbocycles. The van der Waals surface area contributed by atoms with Gasteiger partial charge in [-0.25, -0.2) is 9.67 Å². The van der Waals surface area contributed by atoms with Gasteiger partial charge in [-0.15, -0.1) is 5.10 Å². The molecule has 0 atom stereocenters. The van der Waals surface area contributed by atoms with Crippen molar-refractivity contribution >= 4 is 46.7 Å². The van der Waals surface area contributed by atoms with Crippen molar-refractivity contribution in [3.8, 4) is 11.3 Å². The zero-order valence-corrected chi connectivity index (χ0v) is 16.9. The maximum absolute atomic E-state index is 12.4. The normalized spacial score (nSPS) is 10.9. The molecule has 10 heteroatoms. The van der Waals surface area contributed by atoms with E-state index in [0.717, 1.165) is 5.56 Å². The van der Waals surface area contributed by atoms with E-state index < -0.39 is 5.91 Å². The third-order valence-electron chi connectivity index (χ3n) is 3.99. The van der Waals surface area contributed by atoms with Crippen molar-refractivity contribution in [2.75, 3.05) is 5.32 Å². The Kier molecular flexibility index (Phi) is 5.53. The van der Waals surface area contributed by atoms with Crippen LogP contribution < -0.4 is 5.32 Å². The van der Waals surface area contributed by atoms with E-state index in [2.05, 4.69) is 20.6 Å². The van der Waals surface area contributed by atoms with Crippen molar-refractivity contribution in [2.45, 2.75) is 6.54 Å². The van der Waals surface area contributed by atoms with Crippen LogP contribution in [0.25, 0.3) is 11.3 Å². The third kappa shape index (κ3) is 4.42. The average molecular weight is 449 g/mol. The van der Waals surface area contributed by atoms with E-state index in [1.165, 1.54) is 12.4 Å². The lowest BCUT2D eigenvalue weighted by molar-refractivity contribution is 0.101. The van der Waals surface area contributed by atoms with Gasteiger partial charge < -0.3 is 4.52 Å². The minimum absolute atomic E-state index is 0.0634. The second kappa shape index (κ2) is 8.24. The Morgan fingerprint density at radius 2 is 1.90 bits per heavy atom. The van der Waals surface area contributed by atoms with Crippen LogP contribution >= 0.6 is 34.8 Å². The molecule has 2 heterocycles. The van der Waals surface area contributed by atoms with E-state index in [4.69, 9.17) is 39.3 Å². The van der Waals surface area contributed by atoms with Gasteiger partial charge in [-0.05, 0) is 29.8 Å². The van der Waals surface area contributed by atoms with Gasteiger partial charge in [0, 0.05) is 21.7 Å². The van der Waals surface area contributed by atoms with Crippen LogP contribution in [0.3, 0.4) is 0 Å². The molecule has 29 heavy (non-hydrogen) atoms. The number of rotatable bonds is 5. The van der Waals surface area contributed by atoms with Gasteiger partial charge in [-0.1, -0.05) is 58.2 Å². The molecule has 1 amide bonds. The molecule has 0 aliphatic rings. The van der Waals surface area contributed by atoms with Crippen molar-refractivity contribution in [1.29, 1.82) is 0 Å². The highest BCUT2D eigenvalue weighted by Crippen LogP contribution is 2.30. The lowest BCUT2D eigenvalue weighted by Crippen LogP contribution is -2.13. The van der Waals surface area contributed by atoms with E-state index in [1.54, 1.807) is 28.9 Å². The molecule has 0 radical (unpaired) electrons. The zero-order chi connectivity index (χ0) is 20.4. The van der Waals surface area contributed by atoms with Gasteiger partial charge in [-0.3, -0.25) is 10.1 Å². The molecule has 7 nitrogen and oxygen atoms in total. The summed E-state index contributed by atoms with van der Waals surface area (Å²) in [4.78, 5) is 16.5. The van der Waals surface area contributed by atoms with E-state index in [0.29, 0.717) is 32.9 Å². The van der Waals surface area contributed by atoms with Crippen LogP contribution in [0.5, 0.6) is 0 Å². The van der Waals surface area contributed by atoms with Crippen LogP contribution in [0.1, 0.15) is 16.1 Å². The summed E-state index contributed by atoms with van der Waals surface area (Å²) in [7, 11) is 0. The van der Waals surface area contributed by atoms with Crippen molar-refractivity contribution in [2.24, 2.45) is 0 Å². The summed E-state index contributed by atoms with van der Waals surface area (Å²) < 4.78 is 6.80. The number of carbonyl (C=O) groups excluding carboxylic acids is 1. The number of anilines is 1. The molecule has 146 valence electrons. The SMILES string of the molecule is O=C(Nc1ncn(Cc2ccccc2Cl)n1)c1cc(-c2ccc(Cl)cc2Cl)on1. The van der Waals surface area contributed by atoms with E-state index in [1.807, 2.05) is 18.2 Å². The quantitative estimate of drug-likeness (QED) is 0.454. The highest BCUT2D eigenvalue weighted by molar-refractivity contribution is 6.36. The smallest absolute Gasteiger partial charge is 0.280 e. The zero-order valence-electron chi connectivity index (χ0n) is 14.6. The lowest BCUT2D eigenvalue weighted by atomic mass is 10.1. The largest absolute Gasteiger partial charge is 0.355 e. The highest BCUT2D eigenvalue weighted by atomic mass is 35.5. The number of nitrogens with zero attached hydrogens (tertiary/aromatic N) is 4. The maximum Gasteiger partial charge on any atom is 0.280 e. The van der Waals surface area contributed by atoms with Crippen LogP contribution in [0.15, 0.2) is 59.4 Å². The van der Waals surface area contributed by atoms with Gasteiger partial charge in [0.25, 0.3) is 5.91 Å². The summed E-state index contributed by atoms with van der Waals surface area (Å²) in [6.45, 7) is 0.422. The molecular weight excluding hydrogens is 437 g/mol. The first kappa shape index (κ1) is 19.4. The second-order valence-electron chi connectivity index (χ2n) is 6.01. The summed E-state index contributed by atoms with van der Waals surface area (Å²) in [5.74, 6) is -0.0364. The van der Waals surface area contributed by atoms with Crippen molar-refractivity contribution in [1.82, 2.24) is 19.9 Å². The molecule has 0 fully saturated rings. The molecule has 0 aliphatic carbocycles. The molecule has 4 aromatic rings. The van der Waals surface area contributed by atoms with Gasteiger partial charge in [0.2, 0.25) is 5.95 Å². The number of halogens is 3. The number of hydrogen-bond acceptors (Lipinski definition) is 5. The Morgan fingerprint density at radius 3 is 2.69 bits per heavy atom. The van der Waals surface area contributed by atoms with E-state index in [9.17, 15) is 4.79 Å². The van der Waals surface area contributed by atoms with Gasteiger partial charge in [0.05, 0.1) is 11.6 Å². The number of nitrogens with one attached hydrogen (secondary N) is 1. The summed E-state index contributed by atoms with van der Waals surface area (Å²) in [6, 6.07) is 13.8. The summed E-state index contributed by atoms with van der Waals surface area (Å²) >= 11 is 18.2. The average Bonchev–Trinajstić information content (AvgIpc) is 3.33. The van der Waals surface area contributed by atoms with Crippen LogP contribution in [-0.2, 0) is 6.54 Å². The van der Waals surface area contributed by atoms with Gasteiger partial charge >= 0.3 is 0 Å². The number of benzene rings is 2. The van der Waals surface area contributed by atoms with E-state index >= 15 is 0 Å². The minimum Gasteiger partial charge on any atom is -0.355 e. The molecule has 0 unspecified atom stereocenters. The lowest BCUT2D eigenvalue weighted by Gasteiger charge is -2.03. The Balaban J connectivity index is 1.46. The molecular formula is C19H12Cl3N5O2. The number of aromatic nitrogens is 4. The predicted molar refractivity (Wildman–Crippen MR) is 110 cm³/mol. The van der Waals surface area contributed by atoms with Crippen LogP contribution in [0.4, 0.5) is 5.95 Å². The summed E-state index contributed by atoms with van der Waals surface area (Å²) in [6.07, 6.45) is 1.50. The highest BCUT2D eigenvalue weighted by Gasteiger charge is 2.17. The molecule has 0 saturated carbocycles. The van der Waals surface area contributed by atoms with E-state index in [-0.39, 0.29) is 11.6 Å². The summed E-state index contributed by atoms with van der Waals surface area (Å²) in [5.41, 5.74) is 1.52. The number of carbonyl (C=O) groups is 1. The van der Waals surface area contributed by atoms with Crippen LogP contribution in [0.2, 0.25) is 15.1 Å². The maximum atomic E-state index is 12.4. The summed E-state index contributed by atoms with van der Waals surface area (Å²) in [5, 5.41) is 12.1. The Morgan fingerprint density at radius 1 is 1.07 bits per heavy atom. The van der Waals surface area contributed by atoms with Crippen molar-refractivity contribution in [3.05, 3.63) is 81.2 Å². The topological polar surface area (TPSA) is 85.8 Å². The molecule has 4 rings (SSSR count). The standard InChI is InChI=1S/C19H12Cl3N5O2/c20-12-5-6-13(15(22)7-12)17-8-16(26-29-17)18(28)24-19-23-10-27(25-19)9-11-3-1-2-4-14(11)21/h1-8,10H,9H2,(H,24,25,28). The first-order valence-corrected chi connectivity index (χ1v) is 9.49.